The van der Waals surface area contributed by atoms with Gasteiger partial charge in [-0.2, -0.15) is 17.7 Å². The summed E-state index contributed by atoms with van der Waals surface area (Å²) in [5.41, 5.74) is 2.04. The molecule has 78 valence electrons. The molecule has 0 saturated heterocycles. The van der Waals surface area contributed by atoms with Crippen LogP contribution in [0.5, 0.6) is 0 Å². The second kappa shape index (κ2) is 4.86. The molecule has 0 atom stereocenters. The van der Waals surface area contributed by atoms with E-state index in [-0.39, 0.29) is 0 Å². The van der Waals surface area contributed by atoms with Crippen molar-refractivity contribution in [3.63, 3.8) is 0 Å². The first-order chi connectivity index (χ1) is 7.31. The normalized spacial score (nSPS) is 11.6. The molecule has 2 nitrogen and oxygen atoms in total. The topological polar surface area (TPSA) is 28.7 Å². The molecule has 0 aliphatic heterocycles. The first-order valence-electron chi connectivity index (χ1n) is 4.72. The highest BCUT2D eigenvalue weighted by Gasteiger charge is 2.01. The van der Waals surface area contributed by atoms with Crippen LogP contribution in [-0.2, 0) is 0 Å². The highest BCUT2D eigenvalue weighted by molar-refractivity contribution is 9.10. The summed E-state index contributed by atoms with van der Waals surface area (Å²) in [6.45, 7) is 0. The van der Waals surface area contributed by atoms with Gasteiger partial charge in [-0.3, -0.25) is 5.10 Å². The van der Waals surface area contributed by atoms with Gasteiger partial charge in [-0.1, -0.05) is 22.0 Å². The summed E-state index contributed by atoms with van der Waals surface area (Å²) >= 11 is 7.58. The van der Waals surface area contributed by atoms with Gasteiger partial charge in [-0.25, -0.2) is 0 Å². The zero-order valence-electron chi connectivity index (χ0n) is 8.07. The van der Waals surface area contributed by atoms with Crippen LogP contribution in [0.4, 0.5) is 0 Å². The van der Waals surface area contributed by atoms with E-state index >= 15 is 0 Å². The fourth-order valence-corrected chi connectivity index (χ4v) is 1.92. The van der Waals surface area contributed by atoms with E-state index in [2.05, 4.69) is 50.9 Å². The van der Waals surface area contributed by atoms with E-state index in [4.69, 9.17) is 0 Å². The van der Waals surface area contributed by atoms with E-state index in [1.54, 1.807) is 0 Å². The number of fused-ring (bicyclic) bond motifs is 1. The fraction of sp³-hybridized carbons (Fsp3) is 0.182. The Morgan fingerprint density at radius 1 is 1.47 bits per heavy atom. The van der Waals surface area contributed by atoms with E-state index in [9.17, 15) is 0 Å². The third-order valence-corrected chi connectivity index (χ3v) is 2.88. The van der Waals surface area contributed by atoms with Crippen molar-refractivity contribution in [2.75, 3.05) is 5.75 Å². The summed E-state index contributed by atoms with van der Waals surface area (Å²) in [5, 5.41) is 8.40. The van der Waals surface area contributed by atoms with E-state index in [0.29, 0.717) is 0 Å². The Balaban J connectivity index is 2.36. The Labute approximate surface area is 102 Å². The molecule has 15 heavy (non-hydrogen) atoms. The van der Waals surface area contributed by atoms with Crippen LogP contribution in [0.25, 0.3) is 17.0 Å². The number of nitrogens with one attached hydrogen (secondary N) is 1. The van der Waals surface area contributed by atoms with Crippen LogP contribution in [0.2, 0.25) is 0 Å². The van der Waals surface area contributed by atoms with Gasteiger partial charge in [0.2, 0.25) is 0 Å². The van der Waals surface area contributed by atoms with Gasteiger partial charge in [0.25, 0.3) is 0 Å². The van der Waals surface area contributed by atoms with Gasteiger partial charge in [0.1, 0.15) is 0 Å². The molecule has 2 rings (SSSR count). The summed E-state index contributed by atoms with van der Waals surface area (Å²) in [5.74, 6) is 0.865. The number of hydrogen-bond donors (Lipinski definition) is 2. The Morgan fingerprint density at radius 2 is 2.33 bits per heavy atom. The van der Waals surface area contributed by atoms with Gasteiger partial charge in [0, 0.05) is 9.86 Å². The van der Waals surface area contributed by atoms with Crippen LogP contribution in [0.3, 0.4) is 0 Å². The maximum atomic E-state index is 4.25. The minimum absolute atomic E-state index is 0.865. The molecule has 0 unspecified atom stereocenters. The number of aromatic amines is 1. The van der Waals surface area contributed by atoms with E-state index in [0.717, 1.165) is 33.2 Å². The van der Waals surface area contributed by atoms with E-state index in [1.807, 2.05) is 18.2 Å². The molecule has 0 bridgehead atoms. The number of rotatable bonds is 3. The number of allylic oxidation sites excluding steroid dienone is 1. The number of hydrogen-bond acceptors (Lipinski definition) is 2. The van der Waals surface area contributed by atoms with Crippen LogP contribution in [0.1, 0.15) is 12.1 Å². The molecule has 1 N–H and O–H groups in total. The maximum Gasteiger partial charge on any atom is 0.0924 e. The van der Waals surface area contributed by atoms with Crippen LogP contribution >= 0.6 is 28.6 Å². The van der Waals surface area contributed by atoms with Crippen LogP contribution in [0, 0.1) is 0 Å². The van der Waals surface area contributed by atoms with Crippen molar-refractivity contribution in [1.82, 2.24) is 10.2 Å². The number of H-pyrrole nitrogens is 1. The number of halogens is 1. The van der Waals surface area contributed by atoms with Crippen molar-refractivity contribution in [1.29, 1.82) is 0 Å². The molecule has 0 aliphatic rings. The van der Waals surface area contributed by atoms with Gasteiger partial charge >= 0.3 is 0 Å². The van der Waals surface area contributed by atoms with Crippen LogP contribution in [0.15, 0.2) is 28.7 Å². The summed E-state index contributed by atoms with van der Waals surface area (Å²) < 4.78 is 1.06. The Morgan fingerprint density at radius 3 is 3.13 bits per heavy atom. The van der Waals surface area contributed by atoms with Crippen molar-refractivity contribution in [3.05, 3.63) is 34.4 Å². The quantitative estimate of drug-likeness (QED) is 0.827. The minimum Gasteiger partial charge on any atom is -0.277 e. The lowest BCUT2D eigenvalue weighted by atomic mass is 10.2. The second-order valence-electron chi connectivity index (χ2n) is 3.21. The average Bonchev–Trinajstić information content (AvgIpc) is 2.61. The van der Waals surface area contributed by atoms with Crippen molar-refractivity contribution >= 4 is 45.5 Å². The molecular weight excluding hydrogens is 272 g/mol. The first kappa shape index (κ1) is 10.8. The highest BCUT2D eigenvalue weighted by Crippen LogP contribution is 2.21. The fourth-order valence-electron chi connectivity index (χ4n) is 1.41. The molecule has 0 saturated carbocycles. The van der Waals surface area contributed by atoms with E-state index < -0.39 is 0 Å². The Hall–Kier alpha value is -0.740. The molecule has 0 radical (unpaired) electrons. The molecule has 1 heterocycles. The van der Waals surface area contributed by atoms with Crippen LogP contribution in [-0.4, -0.2) is 16.0 Å². The smallest absolute Gasteiger partial charge is 0.0924 e. The minimum atomic E-state index is 0.865. The SMILES string of the molecule is SCCC=Cc1n[nH]c2cc(Br)ccc12. The lowest BCUT2D eigenvalue weighted by Gasteiger charge is -1.91. The van der Waals surface area contributed by atoms with E-state index in [1.165, 1.54) is 0 Å². The monoisotopic (exact) mass is 282 g/mol. The number of nitrogens with zero attached hydrogens (tertiary/aromatic N) is 1. The lowest BCUT2D eigenvalue weighted by Crippen LogP contribution is -1.73. The summed E-state index contributed by atoms with van der Waals surface area (Å²) in [6, 6.07) is 6.11. The molecule has 4 heteroatoms. The molecule has 0 spiro atoms. The van der Waals surface area contributed by atoms with Crippen molar-refractivity contribution in [3.8, 4) is 0 Å². The molecular formula is C11H11BrN2S. The third kappa shape index (κ3) is 2.44. The zero-order chi connectivity index (χ0) is 10.7. The summed E-state index contributed by atoms with van der Waals surface area (Å²) in [4.78, 5) is 0. The number of aromatic nitrogens is 2. The molecule has 2 aromatic rings. The highest BCUT2D eigenvalue weighted by atomic mass is 79.9. The van der Waals surface area contributed by atoms with Gasteiger partial charge < -0.3 is 0 Å². The molecule has 1 aromatic carbocycles. The molecule has 1 aromatic heterocycles. The third-order valence-electron chi connectivity index (χ3n) is 2.13. The van der Waals surface area contributed by atoms with Crippen LogP contribution < -0.4 is 0 Å². The summed E-state index contributed by atoms with van der Waals surface area (Å²) in [7, 11) is 0. The van der Waals surface area contributed by atoms with Crippen molar-refractivity contribution in [2.45, 2.75) is 6.42 Å². The van der Waals surface area contributed by atoms with Gasteiger partial charge in [0.15, 0.2) is 0 Å². The van der Waals surface area contributed by atoms with Gasteiger partial charge in [-0.15, -0.1) is 0 Å². The van der Waals surface area contributed by atoms with Gasteiger partial charge in [0.05, 0.1) is 11.2 Å². The standard InChI is InChI=1S/C11H11BrN2S/c12-8-4-5-9-10(3-1-2-6-15)13-14-11(9)7-8/h1,3-5,7,15H,2,6H2,(H,13,14). The summed E-state index contributed by atoms with van der Waals surface area (Å²) in [6.07, 6.45) is 5.08. The van der Waals surface area contributed by atoms with Crippen molar-refractivity contribution in [2.24, 2.45) is 0 Å². The maximum absolute atomic E-state index is 4.25. The molecule has 0 aliphatic carbocycles. The van der Waals surface area contributed by atoms with Crippen molar-refractivity contribution < 1.29 is 0 Å². The number of thiol groups is 1. The Kier molecular flexibility index (Phi) is 3.49. The zero-order valence-corrected chi connectivity index (χ0v) is 10.6. The predicted octanol–water partition coefficient (Wildman–Crippen LogP) is 3.66. The lowest BCUT2D eigenvalue weighted by molar-refractivity contribution is 1.10. The Bertz CT molecular complexity index is 490. The largest absolute Gasteiger partial charge is 0.277 e. The molecule has 0 amide bonds. The average molecular weight is 283 g/mol. The second-order valence-corrected chi connectivity index (χ2v) is 4.58. The predicted molar refractivity (Wildman–Crippen MR) is 71.3 cm³/mol. The molecule has 0 fully saturated rings. The van der Waals surface area contributed by atoms with Gasteiger partial charge in [-0.05, 0) is 36.4 Å². The number of benzene rings is 1. The first-order valence-corrected chi connectivity index (χ1v) is 6.15.